The minimum absolute atomic E-state index is 0.0792. The van der Waals surface area contributed by atoms with Crippen molar-refractivity contribution in [3.8, 4) is 6.07 Å². The second kappa shape index (κ2) is 9.31. The third-order valence-electron chi connectivity index (χ3n) is 6.34. The Morgan fingerprint density at radius 3 is 2.94 bits per heavy atom. The third kappa shape index (κ3) is 4.64. The number of carbonyl (C=O) groups is 1. The Morgan fingerprint density at radius 2 is 2.16 bits per heavy atom. The molecular weight excluding hydrogens is 424 g/mol. The van der Waals surface area contributed by atoms with E-state index in [-0.39, 0.29) is 23.3 Å². The van der Waals surface area contributed by atoms with E-state index in [1.165, 1.54) is 0 Å². The van der Waals surface area contributed by atoms with Crippen molar-refractivity contribution in [2.75, 3.05) is 6.54 Å². The smallest absolute Gasteiger partial charge is 0.241 e. The van der Waals surface area contributed by atoms with E-state index in [1.807, 2.05) is 19.1 Å². The minimum atomic E-state index is -3.89. The Morgan fingerprint density at radius 1 is 1.31 bits per heavy atom. The fourth-order valence-corrected chi connectivity index (χ4v) is 5.77. The average Bonchev–Trinajstić information content (AvgIpc) is 3.44. The summed E-state index contributed by atoms with van der Waals surface area (Å²) in [7, 11) is -3.89. The molecule has 1 amide bonds. The van der Waals surface area contributed by atoms with Gasteiger partial charge < -0.3 is 9.47 Å². The van der Waals surface area contributed by atoms with E-state index in [2.05, 4.69) is 10.8 Å². The summed E-state index contributed by atoms with van der Waals surface area (Å²) >= 11 is 0. The quantitative estimate of drug-likeness (QED) is 0.698. The molecule has 2 atom stereocenters. The number of hydrogen-bond acceptors (Lipinski definition) is 4. The van der Waals surface area contributed by atoms with E-state index >= 15 is 0 Å². The van der Waals surface area contributed by atoms with Gasteiger partial charge in [-0.2, -0.15) is 9.98 Å². The van der Waals surface area contributed by atoms with Crippen molar-refractivity contribution in [3.63, 3.8) is 0 Å². The summed E-state index contributed by atoms with van der Waals surface area (Å²) in [5.41, 5.74) is 2.47. The Hall–Kier alpha value is -2.89. The molecule has 0 spiro atoms. The molecule has 2 aromatic rings. The molecule has 1 aliphatic carbocycles. The molecule has 1 aliphatic heterocycles. The highest BCUT2D eigenvalue weighted by molar-refractivity contribution is 7.89. The monoisotopic (exact) mass is 452 g/mol. The van der Waals surface area contributed by atoms with Crippen molar-refractivity contribution in [1.29, 1.82) is 5.26 Å². The van der Waals surface area contributed by atoms with E-state index in [4.69, 9.17) is 0 Å². The van der Waals surface area contributed by atoms with Crippen LogP contribution in [0.3, 0.4) is 0 Å². The van der Waals surface area contributed by atoms with Crippen LogP contribution in [0.1, 0.15) is 49.4 Å². The van der Waals surface area contributed by atoms with Gasteiger partial charge in [0, 0.05) is 25.3 Å². The van der Waals surface area contributed by atoms with Gasteiger partial charge in [0.15, 0.2) is 0 Å². The van der Waals surface area contributed by atoms with Crippen molar-refractivity contribution < 1.29 is 13.2 Å². The van der Waals surface area contributed by atoms with Gasteiger partial charge in [0.2, 0.25) is 15.9 Å². The first-order valence-corrected chi connectivity index (χ1v) is 12.5. The fourth-order valence-electron chi connectivity index (χ4n) is 4.49. The van der Waals surface area contributed by atoms with Crippen molar-refractivity contribution in [1.82, 2.24) is 14.2 Å². The van der Waals surface area contributed by atoms with Crippen LogP contribution in [0.2, 0.25) is 0 Å². The van der Waals surface area contributed by atoms with Crippen molar-refractivity contribution in [2.24, 2.45) is 0 Å². The molecule has 32 heavy (non-hydrogen) atoms. The molecule has 4 rings (SSSR count). The number of carbonyl (C=O) groups excluding carboxylic acids is 1. The lowest BCUT2D eigenvalue weighted by atomic mass is 10.0. The number of rotatable bonds is 7. The highest BCUT2D eigenvalue weighted by Gasteiger charge is 2.32. The van der Waals surface area contributed by atoms with Crippen LogP contribution in [-0.4, -0.2) is 42.4 Å². The number of nitriles is 1. The molecule has 1 aromatic carbocycles. The summed E-state index contributed by atoms with van der Waals surface area (Å²) in [6, 6.07) is 9.84. The van der Waals surface area contributed by atoms with Crippen molar-refractivity contribution in [3.05, 3.63) is 59.4 Å². The predicted molar refractivity (Wildman–Crippen MR) is 122 cm³/mol. The Labute approximate surface area is 189 Å². The number of hydrogen-bond donors (Lipinski definition) is 1. The van der Waals surface area contributed by atoms with Crippen LogP contribution < -0.4 is 4.72 Å². The van der Waals surface area contributed by atoms with Gasteiger partial charge in [0.05, 0.1) is 4.90 Å². The standard InChI is InChI=1S/C24H28N4O3S/c1-18-6-2-3-14-28(18)24(29)23(12-15-27-13-5-9-21(27)17-25)26-32(30,31)22-11-10-19-7-4-8-20(19)16-22/h4-5,7,9-11,13,16,18,23,26H,2-3,6,8,12,14-15H2,1H3. The van der Waals surface area contributed by atoms with Crippen LogP contribution in [-0.2, 0) is 27.8 Å². The summed E-state index contributed by atoms with van der Waals surface area (Å²) < 4.78 is 30.9. The first kappa shape index (κ1) is 22.3. The molecule has 2 unspecified atom stereocenters. The number of aryl methyl sites for hydroxylation is 1. The number of nitrogens with one attached hydrogen (secondary N) is 1. The molecule has 7 nitrogen and oxygen atoms in total. The average molecular weight is 453 g/mol. The summed E-state index contributed by atoms with van der Waals surface area (Å²) in [5, 5.41) is 9.27. The largest absolute Gasteiger partial charge is 0.339 e. The highest BCUT2D eigenvalue weighted by Crippen LogP contribution is 2.24. The number of fused-ring (bicyclic) bond motifs is 1. The number of benzene rings is 1. The Kier molecular flexibility index (Phi) is 6.49. The predicted octanol–water partition coefficient (Wildman–Crippen LogP) is 3.07. The zero-order chi connectivity index (χ0) is 22.7. The van der Waals surface area contributed by atoms with Gasteiger partial charge in [-0.15, -0.1) is 0 Å². The van der Waals surface area contributed by atoms with Crippen LogP contribution >= 0.6 is 0 Å². The van der Waals surface area contributed by atoms with Gasteiger partial charge in [-0.05, 0) is 74.4 Å². The normalized spacial score (nSPS) is 18.9. The molecule has 168 valence electrons. The summed E-state index contributed by atoms with van der Waals surface area (Å²) in [6.45, 7) is 3.01. The SMILES string of the molecule is CC1CCCCN1C(=O)C(CCn1cccc1C#N)NS(=O)(=O)c1ccc2c(c1)CC=C2. The van der Waals surface area contributed by atoms with E-state index in [1.54, 1.807) is 46.0 Å². The summed E-state index contributed by atoms with van der Waals surface area (Å²) in [5.74, 6) is -0.200. The van der Waals surface area contributed by atoms with Gasteiger partial charge in [-0.1, -0.05) is 18.2 Å². The highest BCUT2D eigenvalue weighted by atomic mass is 32.2. The van der Waals surface area contributed by atoms with Gasteiger partial charge in [0.25, 0.3) is 0 Å². The van der Waals surface area contributed by atoms with E-state index in [9.17, 15) is 18.5 Å². The minimum Gasteiger partial charge on any atom is -0.339 e. The number of allylic oxidation sites excluding steroid dienone is 1. The van der Waals surface area contributed by atoms with E-state index in [0.717, 1.165) is 30.4 Å². The van der Waals surface area contributed by atoms with Crippen LogP contribution in [0, 0.1) is 11.3 Å². The third-order valence-corrected chi connectivity index (χ3v) is 7.81. The van der Waals surface area contributed by atoms with Gasteiger partial charge in [0.1, 0.15) is 17.8 Å². The maximum absolute atomic E-state index is 13.4. The second-order valence-corrected chi connectivity index (χ2v) is 10.2. The first-order valence-electron chi connectivity index (χ1n) is 11.1. The lowest BCUT2D eigenvalue weighted by Crippen LogP contribution is -2.52. The molecule has 1 fully saturated rings. The summed E-state index contributed by atoms with van der Waals surface area (Å²) in [4.78, 5) is 15.4. The number of sulfonamides is 1. The molecule has 1 saturated heterocycles. The first-order chi connectivity index (χ1) is 15.4. The molecular formula is C24H28N4O3S. The van der Waals surface area contributed by atoms with Crippen molar-refractivity contribution >= 4 is 22.0 Å². The second-order valence-electron chi connectivity index (χ2n) is 8.50. The molecule has 1 aromatic heterocycles. The number of likely N-dealkylation sites (tertiary alicyclic amines) is 1. The molecule has 0 saturated carbocycles. The Bertz CT molecular complexity index is 1180. The van der Waals surface area contributed by atoms with Crippen molar-refractivity contribution in [2.45, 2.75) is 62.6 Å². The molecule has 1 N–H and O–H groups in total. The van der Waals surface area contributed by atoms with Crippen LogP contribution in [0.4, 0.5) is 0 Å². The molecule has 0 bridgehead atoms. The lowest BCUT2D eigenvalue weighted by molar-refractivity contribution is -0.136. The number of piperidine rings is 1. The van der Waals surface area contributed by atoms with Gasteiger partial charge in [-0.25, -0.2) is 8.42 Å². The topological polar surface area (TPSA) is 95.2 Å². The van der Waals surface area contributed by atoms with Crippen LogP contribution in [0.25, 0.3) is 6.08 Å². The van der Waals surface area contributed by atoms with Crippen LogP contribution in [0.15, 0.2) is 47.5 Å². The molecule has 2 aliphatic rings. The molecule has 2 heterocycles. The zero-order valence-electron chi connectivity index (χ0n) is 18.2. The molecule has 8 heteroatoms. The van der Waals surface area contributed by atoms with E-state index in [0.29, 0.717) is 25.2 Å². The van der Waals surface area contributed by atoms with Gasteiger partial charge in [-0.3, -0.25) is 4.79 Å². The Balaban J connectivity index is 1.57. The molecule has 0 radical (unpaired) electrons. The maximum Gasteiger partial charge on any atom is 0.241 e. The number of aromatic nitrogens is 1. The van der Waals surface area contributed by atoms with Gasteiger partial charge >= 0.3 is 0 Å². The summed E-state index contributed by atoms with van der Waals surface area (Å²) in [6.07, 6.45) is 9.62. The van der Waals surface area contributed by atoms with Crippen LogP contribution in [0.5, 0.6) is 0 Å². The number of amides is 1. The zero-order valence-corrected chi connectivity index (χ0v) is 19.0. The lowest BCUT2D eigenvalue weighted by Gasteiger charge is -2.36. The fraction of sp³-hybridized carbons (Fsp3) is 0.417. The van der Waals surface area contributed by atoms with E-state index < -0.39 is 16.1 Å². The maximum atomic E-state index is 13.4. The number of nitrogens with zero attached hydrogens (tertiary/aromatic N) is 3.